The second kappa shape index (κ2) is 7.72. The van der Waals surface area contributed by atoms with Gasteiger partial charge >= 0.3 is 0 Å². The Hall–Kier alpha value is -2.99. The van der Waals surface area contributed by atoms with E-state index in [1.807, 2.05) is 18.2 Å². The number of rotatable bonds is 6. The van der Waals surface area contributed by atoms with E-state index < -0.39 is 0 Å². The van der Waals surface area contributed by atoms with Gasteiger partial charge in [-0.15, -0.1) is 10.2 Å². The molecule has 4 rings (SSSR count). The summed E-state index contributed by atoms with van der Waals surface area (Å²) < 4.78 is 16.4. The van der Waals surface area contributed by atoms with E-state index in [1.54, 1.807) is 20.3 Å². The molecule has 0 N–H and O–H groups in total. The maximum absolute atomic E-state index is 5.83. The Morgan fingerprint density at radius 2 is 1.63 bits per heavy atom. The first-order chi connectivity index (χ1) is 13.3. The minimum atomic E-state index is 0.438. The standard InChI is InChI=1S/C21H18N2O3S/c1-24-17-10-16(11-18(12-17)25-2)20-22-23-21(26-20)27-13-15-8-5-7-14-6-3-4-9-19(14)15/h3-12H,13H2,1-2H3. The van der Waals surface area contributed by atoms with Crippen molar-refractivity contribution in [3.05, 3.63) is 66.2 Å². The number of thioether (sulfide) groups is 1. The quantitative estimate of drug-likeness (QED) is 0.430. The molecule has 0 amide bonds. The van der Waals surface area contributed by atoms with Crippen LogP contribution in [-0.4, -0.2) is 24.4 Å². The van der Waals surface area contributed by atoms with Crippen LogP contribution in [0.15, 0.2) is 70.3 Å². The molecule has 0 fully saturated rings. The lowest BCUT2D eigenvalue weighted by Gasteiger charge is -2.06. The molecule has 5 nitrogen and oxygen atoms in total. The molecular weight excluding hydrogens is 360 g/mol. The average Bonchev–Trinajstić information content (AvgIpc) is 3.21. The van der Waals surface area contributed by atoms with Crippen molar-refractivity contribution < 1.29 is 13.9 Å². The van der Waals surface area contributed by atoms with Crippen LogP contribution in [0.2, 0.25) is 0 Å². The Bertz CT molecular complexity index is 1050. The molecule has 6 heteroatoms. The van der Waals surface area contributed by atoms with Crippen molar-refractivity contribution in [1.29, 1.82) is 0 Å². The van der Waals surface area contributed by atoms with E-state index in [1.165, 1.54) is 28.1 Å². The Morgan fingerprint density at radius 3 is 2.41 bits per heavy atom. The number of hydrogen-bond donors (Lipinski definition) is 0. The molecule has 0 bridgehead atoms. The van der Waals surface area contributed by atoms with Gasteiger partial charge in [-0.1, -0.05) is 54.2 Å². The summed E-state index contributed by atoms with van der Waals surface area (Å²) in [6.45, 7) is 0. The topological polar surface area (TPSA) is 57.4 Å². The summed E-state index contributed by atoms with van der Waals surface area (Å²) in [5.74, 6) is 2.54. The third-order valence-corrected chi connectivity index (χ3v) is 5.10. The number of fused-ring (bicyclic) bond motifs is 1. The molecule has 0 saturated carbocycles. The number of nitrogens with zero attached hydrogens (tertiary/aromatic N) is 2. The molecule has 136 valence electrons. The zero-order chi connectivity index (χ0) is 18.6. The van der Waals surface area contributed by atoms with Gasteiger partial charge in [0.05, 0.1) is 14.2 Å². The summed E-state index contributed by atoms with van der Waals surface area (Å²) in [5, 5.41) is 11.3. The van der Waals surface area contributed by atoms with Gasteiger partial charge in [-0.2, -0.15) is 0 Å². The maximum atomic E-state index is 5.83. The monoisotopic (exact) mass is 378 g/mol. The van der Waals surface area contributed by atoms with E-state index >= 15 is 0 Å². The maximum Gasteiger partial charge on any atom is 0.277 e. The molecule has 0 atom stereocenters. The van der Waals surface area contributed by atoms with Crippen LogP contribution in [0.5, 0.6) is 11.5 Å². The van der Waals surface area contributed by atoms with Crippen molar-refractivity contribution in [1.82, 2.24) is 10.2 Å². The Kier molecular flexibility index (Phi) is 4.98. The van der Waals surface area contributed by atoms with E-state index in [-0.39, 0.29) is 0 Å². The fourth-order valence-corrected chi connectivity index (χ4v) is 3.64. The Balaban J connectivity index is 1.55. The van der Waals surface area contributed by atoms with Crippen molar-refractivity contribution in [2.45, 2.75) is 11.0 Å². The summed E-state index contributed by atoms with van der Waals surface area (Å²) in [4.78, 5) is 0. The van der Waals surface area contributed by atoms with Gasteiger partial charge in [-0.3, -0.25) is 0 Å². The van der Waals surface area contributed by atoms with Crippen LogP contribution in [0.3, 0.4) is 0 Å². The fraction of sp³-hybridized carbons (Fsp3) is 0.143. The van der Waals surface area contributed by atoms with E-state index in [0.717, 1.165) is 11.3 Å². The SMILES string of the molecule is COc1cc(OC)cc(-c2nnc(SCc3cccc4ccccc34)o2)c1. The Labute approximate surface area is 161 Å². The second-order valence-corrected chi connectivity index (χ2v) is 6.83. The van der Waals surface area contributed by atoms with Crippen molar-refractivity contribution in [3.8, 4) is 23.0 Å². The molecule has 0 radical (unpaired) electrons. The molecule has 0 aliphatic heterocycles. The minimum absolute atomic E-state index is 0.438. The summed E-state index contributed by atoms with van der Waals surface area (Å²) >= 11 is 1.52. The van der Waals surface area contributed by atoms with E-state index in [4.69, 9.17) is 13.9 Å². The van der Waals surface area contributed by atoms with Crippen LogP contribution >= 0.6 is 11.8 Å². The summed E-state index contributed by atoms with van der Waals surface area (Å²) in [6, 6.07) is 20.1. The summed E-state index contributed by atoms with van der Waals surface area (Å²) in [7, 11) is 3.22. The van der Waals surface area contributed by atoms with E-state index in [2.05, 4.69) is 46.6 Å². The molecule has 3 aromatic carbocycles. The highest BCUT2D eigenvalue weighted by molar-refractivity contribution is 7.98. The predicted molar refractivity (Wildman–Crippen MR) is 106 cm³/mol. The van der Waals surface area contributed by atoms with Gasteiger partial charge < -0.3 is 13.9 Å². The van der Waals surface area contributed by atoms with Gasteiger partial charge in [0, 0.05) is 17.4 Å². The first-order valence-corrected chi connectivity index (χ1v) is 9.42. The first kappa shape index (κ1) is 17.4. The fourth-order valence-electron chi connectivity index (χ4n) is 2.87. The molecule has 1 aromatic heterocycles. The van der Waals surface area contributed by atoms with Crippen LogP contribution in [-0.2, 0) is 5.75 Å². The number of aromatic nitrogens is 2. The second-order valence-electron chi connectivity index (χ2n) is 5.90. The zero-order valence-electron chi connectivity index (χ0n) is 15.0. The minimum Gasteiger partial charge on any atom is -0.497 e. The van der Waals surface area contributed by atoms with Crippen LogP contribution in [0.4, 0.5) is 0 Å². The van der Waals surface area contributed by atoms with Crippen molar-refractivity contribution in [2.75, 3.05) is 14.2 Å². The van der Waals surface area contributed by atoms with Crippen molar-refractivity contribution >= 4 is 22.5 Å². The molecule has 27 heavy (non-hydrogen) atoms. The van der Waals surface area contributed by atoms with Crippen molar-refractivity contribution in [2.24, 2.45) is 0 Å². The van der Waals surface area contributed by atoms with Gasteiger partial charge in [0.25, 0.3) is 5.22 Å². The lowest BCUT2D eigenvalue weighted by Crippen LogP contribution is -1.88. The lowest BCUT2D eigenvalue weighted by molar-refractivity contribution is 0.394. The molecule has 0 aliphatic rings. The van der Waals surface area contributed by atoms with Crippen LogP contribution < -0.4 is 9.47 Å². The van der Waals surface area contributed by atoms with Crippen molar-refractivity contribution in [3.63, 3.8) is 0 Å². The van der Waals surface area contributed by atoms with Crippen LogP contribution in [0.1, 0.15) is 5.56 Å². The molecule has 0 unspecified atom stereocenters. The van der Waals surface area contributed by atoms with Gasteiger partial charge in [-0.05, 0) is 28.5 Å². The van der Waals surface area contributed by atoms with Gasteiger partial charge in [0.1, 0.15) is 11.5 Å². The van der Waals surface area contributed by atoms with Gasteiger partial charge in [0.2, 0.25) is 5.89 Å². The highest BCUT2D eigenvalue weighted by Gasteiger charge is 2.12. The molecular formula is C21H18N2O3S. The largest absolute Gasteiger partial charge is 0.497 e. The summed E-state index contributed by atoms with van der Waals surface area (Å²) in [6.07, 6.45) is 0. The molecule has 0 aliphatic carbocycles. The number of ether oxygens (including phenoxy) is 2. The third kappa shape index (κ3) is 3.75. The van der Waals surface area contributed by atoms with E-state index in [9.17, 15) is 0 Å². The summed E-state index contributed by atoms with van der Waals surface area (Å²) in [5.41, 5.74) is 2.00. The number of benzene rings is 3. The van der Waals surface area contributed by atoms with E-state index in [0.29, 0.717) is 22.6 Å². The zero-order valence-corrected chi connectivity index (χ0v) is 15.8. The first-order valence-electron chi connectivity index (χ1n) is 8.43. The van der Waals surface area contributed by atoms with Crippen LogP contribution in [0.25, 0.3) is 22.2 Å². The van der Waals surface area contributed by atoms with Gasteiger partial charge in [0.15, 0.2) is 0 Å². The lowest BCUT2D eigenvalue weighted by atomic mass is 10.1. The molecule has 0 spiro atoms. The smallest absolute Gasteiger partial charge is 0.277 e. The van der Waals surface area contributed by atoms with Crippen LogP contribution in [0, 0.1) is 0 Å². The normalized spacial score (nSPS) is 10.9. The third-order valence-electron chi connectivity index (χ3n) is 4.24. The molecule has 1 heterocycles. The molecule has 0 saturated heterocycles. The Morgan fingerprint density at radius 1 is 0.889 bits per heavy atom. The average molecular weight is 378 g/mol. The predicted octanol–water partition coefficient (Wildman–Crippen LogP) is 5.20. The molecule has 4 aromatic rings. The highest BCUT2D eigenvalue weighted by Crippen LogP contribution is 2.32. The highest BCUT2D eigenvalue weighted by atomic mass is 32.2. The van der Waals surface area contributed by atoms with Gasteiger partial charge in [-0.25, -0.2) is 0 Å². The number of hydrogen-bond acceptors (Lipinski definition) is 6. The number of methoxy groups -OCH3 is 2.